The van der Waals surface area contributed by atoms with Gasteiger partial charge in [0, 0.05) is 13.3 Å². The first-order chi connectivity index (χ1) is 9.53. The Kier molecular flexibility index (Phi) is 6.68. The van der Waals surface area contributed by atoms with Crippen LogP contribution in [0.5, 0.6) is 0 Å². The fourth-order valence-corrected chi connectivity index (χ4v) is 2.70. The number of carbonyl (C=O) groups is 3. The maximum absolute atomic E-state index is 12.1. The van der Waals surface area contributed by atoms with Gasteiger partial charge in [-0.2, -0.15) is 0 Å². The van der Waals surface area contributed by atoms with E-state index in [1.165, 1.54) is 6.92 Å². The lowest BCUT2D eigenvalue weighted by atomic mass is 9.80. The van der Waals surface area contributed by atoms with E-state index < -0.39 is 5.41 Å². The van der Waals surface area contributed by atoms with Crippen molar-refractivity contribution in [3.8, 4) is 0 Å². The Balaban J connectivity index is 2.41. The maximum Gasteiger partial charge on any atom is 0.319 e. The molecule has 1 fully saturated rings. The fraction of sp³-hybridized carbons (Fsp3) is 0.800. The third-order valence-electron chi connectivity index (χ3n) is 3.76. The Morgan fingerprint density at radius 2 is 1.95 bits per heavy atom. The normalized spacial score (nSPS) is 21.8. The first-order valence-electron chi connectivity index (χ1n) is 7.37. The smallest absolute Gasteiger partial charge is 0.319 e. The minimum Gasteiger partial charge on any atom is -0.466 e. The van der Waals surface area contributed by atoms with E-state index in [0.717, 1.165) is 25.7 Å². The van der Waals surface area contributed by atoms with Gasteiger partial charge in [0.1, 0.15) is 11.2 Å². The summed E-state index contributed by atoms with van der Waals surface area (Å²) in [5.41, 5.74) is -0.905. The van der Waals surface area contributed by atoms with Crippen LogP contribution >= 0.6 is 0 Å². The SMILES string of the molecule is CCOC(=O)C1(CCCCCOC(C)=O)CCCC1=O. The van der Waals surface area contributed by atoms with Crippen LogP contribution in [0.25, 0.3) is 0 Å². The van der Waals surface area contributed by atoms with Crippen molar-refractivity contribution in [2.75, 3.05) is 13.2 Å². The van der Waals surface area contributed by atoms with E-state index in [1.807, 2.05) is 0 Å². The molecule has 1 saturated carbocycles. The van der Waals surface area contributed by atoms with Crippen LogP contribution in [0.1, 0.15) is 58.8 Å². The summed E-state index contributed by atoms with van der Waals surface area (Å²) in [6, 6.07) is 0. The molecule has 0 aromatic heterocycles. The highest BCUT2D eigenvalue weighted by molar-refractivity contribution is 6.05. The van der Waals surface area contributed by atoms with Crippen LogP contribution in [0.15, 0.2) is 0 Å². The molecule has 5 nitrogen and oxygen atoms in total. The molecule has 1 rings (SSSR count). The summed E-state index contributed by atoms with van der Waals surface area (Å²) in [5.74, 6) is -0.614. The van der Waals surface area contributed by atoms with Gasteiger partial charge in [0.15, 0.2) is 0 Å². The topological polar surface area (TPSA) is 69.7 Å². The van der Waals surface area contributed by atoms with Crippen LogP contribution in [-0.2, 0) is 23.9 Å². The summed E-state index contributed by atoms with van der Waals surface area (Å²) in [5, 5.41) is 0. The number of esters is 2. The van der Waals surface area contributed by atoms with E-state index >= 15 is 0 Å². The largest absolute Gasteiger partial charge is 0.466 e. The molecular formula is C15H24O5. The Morgan fingerprint density at radius 1 is 1.20 bits per heavy atom. The number of unbranched alkanes of at least 4 members (excludes halogenated alkanes) is 2. The molecule has 0 spiro atoms. The van der Waals surface area contributed by atoms with Crippen LogP contribution in [0.4, 0.5) is 0 Å². The number of ether oxygens (including phenoxy) is 2. The van der Waals surface area contributed by atoms with Crippen LogP contribution in [-0.4, -0.2) is 30.9 Å². The van der Waals surface area contributed by atoms with Gasteiger partial charge in [-0.3, -0.25) is 14.4 Å². The molecule has 114 valence electrons. The van der Waals surface area contributed by atoms with Gasteiger partial charge < -0.3 is 9.47 Å². The number of rotatable bonds is 8. The quantitative estimate of drug-likeness (QED) is 0.389. The predicted molar refractivity (Wildman–Crippen MR) is 73.0 cm³/mol. The van der Waals surface area contributed by atoms with Crippen LogP contribution in [0.3, 0.4) is 0 Å². The summed E-state index contributed by atoms with van der Waals surface area (Å²) in [7, 11) is 0. The Hall–Kier alpha value is -1.39. The van der Waals surface area contributed by atoms with Crippen molar-refractivity contribution in [1.82, 2.24) is 0 Å². The zero-order valence-electron chi connectivity index (χ0n) is 12.4. The van der Waals surface area contributed by atoms with Crippen molar-refractivity contribution < 1.29 is 23.9 Å². The minimum absolute atomic E-state index is 0.0240. The van der Waals surface area contributed by atoms with Crippen LogP contribution in [0, 0.1) is 5.41 Å². The maximum atomic E-state index is 12.1. The zero-order valence-corrected chi connectivity index (χ0v) is 12.4. The summed E-state index contributed by atoms with van der Waals surface area (Å²) in [4.78, 5) is 34.7. The highest BCUT2D eigenvalue weighted by Crippen LogP contribution is 2.40. The molecule has 20 heavy (non-hydrogen) atoms. The summed E-state index contributed by atoms with van der Waals surface area (Å²) in [6.45, 7) is 3.84. The second kappa shape index (κ2) is 8.02. The fourth-order valence-electron chi connectivity index (χ4n) is 2.70. The molecule has 0 bridgehead atoms. The van der Waals surface area contributed by atoms with Gasteiger partial charge in [0.25, 0.3) is 0 Å². The van der Waals surface area contributed by atoms with Crippen molar-refractivity contribution in [1.29, 1.82) is 0 Å². The second-order valence-corrected chi connectivity index (χ2v) is 5.23. The lowest BCUT2D eigenvalue weighted by molar-refractivity contribution is -0.159. The van der Waals surface area contributed by atoms with Crippen molar-refractivity contribution >= 4 is 17.7 Å². The van der Waals surface area contributed by atoms with Gasteiger partial charge in [0.2, 0.25) is 0 Å². The third-order valence-corrected chi connectivity index (χ3v) is 3.76. The molecule has 0 heterocycles. The average Bonchev–Trinajstić information content (AvgIpc) is 2.76. The monoisotopic (exact) mass is 284 g/mol. The molecule has 0 saturated heterocycles. The third kappa shape index (κ3) is 4.32. The van der Waals surface area contributed by atoms with Gasteiger partial charge in [-0.05, 0) is 32.6 Å². The van der Waals surface area contributed by atoms with E-state index in [-0.39, 0.29) is 17.7 Å². The molecule has 0 amide bonds. The number of hydrogen-bond donors (Lipinski definition) is 0. The van der Waals surface area contributed by atoms with Crippen molar-refractivity contribution in [2.24, 2.45) is 5.41 Å². The van der Waals surface area contributed by atoms with Gasteiger partial charge in [-0.1, -0.05) is 12.8 Å². The molecule has 1 unspecified atom stereocenters. The van der Waals surface area contributed by atoms with Crippen molar-refractivity contribution in [2.45, 2.75) is 58.8 Å². The van der Waals surface area contributed by atoms with Gasteiger partial charge in [-0.25, -0.2) is 0 Å². The first kappa shape index (κ1) is 16.7. The van der Waals surface area contributed by atoms with E-state index in [2.05, 4.69) is 0 Å². The molecule has 1 aliphatic carbocycles. The molecule has 0 radical (unpaired) electrons. The summed E-state index contributed by atoms with van der Waals surface area (Å²) < 4.78 is 9.93. The van der Waals surface area contributed by atoms with Gasteiger partial charge >= 0.3 is 11.9 Å². The molecule has 0 aromatic carbocycles. The summed E-state index contributed by atoms with van der Waals surface area (Å²) in [6.07, 6.45) is 4.76. The molecule has 5 heteroatoms. The van der Waals surface area contributed by atoms with Crippen LogP contribution in [0.2, 0.25) is 0 Å². The standard InChI is InChI=1S/C15H24O5/c1-3-19-14(18)15(10-7-8-13(15)17)9-5-4-6-11-20-12(2)16/h3-11H2,1-2H3. The van der Waals surface area contributed by atoms with E-state index in [4.69, 9.17) is 9.47 Å². The highest BCUT2D eigenvalue weighted by atomic mass is 16.5. The van der Waals surface area contributed by atoms with Crippen LogP contribution < -0.4 is 0 Å². The molecule has 1 atom stereocenters. The van der Waals surface area contributed by atoms with Gasteiger partial charge in [-0.15, -0.1) is 0 Å². The lowest BCUT2D eigenvalue weighted by Gasteiger charge is -2.24. The van der Waals surface area contributed by atoms with Gasteiger partial charge in [0.05, 0.1) is 13.2 Å². The van der Waals surface area contributed by atoms with E-state index in [1.54, 1.807) is 6.92 Å². The number of hydrogen-bond acceptors (Lipinski definition) is 5. The molecule has 0 aromatic rings. The first-order valence-corrected chi connectivity index (χ1v) is 7.37. The zero-order chi connectivity index (χ0) is 15.0. The Bertz CT molecular complexity index is 363. The number of ketones is 1. The second-order valence-electron chi connectivity index (χ2n) is 5.23. The van der Waals surface area contributed by atoms with Crippen molar-refractivity contribution in [3.63, 3.8) is 0 Å². The van der Waals surface area contributed by atoms with Crippen molar-refractivity contribution in [3.05, 3.63) is 0 Å². The van der Waals surface area contributed by atoms with E-state index in [9.17, 15) is 14.4 Å². The molecule has 0 N–H and O–H groups in total. The lowest BCUT2D eigenvalue weighted by Crippen LogP contribution is -2.37. The molecule has 1 aliphatic rings. The summed E-state index contributed by atoms with van der Waals surface area (Å²) >= 11 is 0. The molecule has 0 aliphatic heterocycles. The highest BCUT2D eigenvalue weighted by Gasteiger charge is 2.48. The van der Waals surface area contributed by atoms with E-state index in [0.29, 0.717) is 32.5 Å². The Labute approximate surface area is 120 Å². The number of carbonyl (C=O) groups excluding carboxylic acids is 3. The molecular weight excluding hydrogens is 260 g/mol. The number of Topliss-reactive ketones (excluding diaryl/α,β-unsaturated/α-hetero) is 1. The minimum atomic E-state index is -0.905. The Morgan fingerprint density at radius 3 is 2.50 bits per heavy atom. The predicted octanol–water partition coefficient (Wildman–Crippen LogP) is 2.41. The average molecular weight is 284 g/mol.